The molecule has 7 nitrogen and oxygen atoms in total. The highest BCUT2D eigenvalue weighted by molar-refractivity contribution is 5.98. The molecule has 0 aromatic heterocycles. The molecule has 1 aromatic carbocycles. The van der Waals surface area contributed by atoms with E-state index in [0.29, 0.717) is 0 Å². The van der Waals surface area contributed by atoms with Gasteiger partial charge in [-0.05, 0) is 19.1 Å². The van der Waals surface area contributed by atoms with Crippen molar-refractivity contribution in [1.82, 2.24) is 10.9 Å². The molecule has 1 atom stereocenters. The third kappa shape index (κ3) is 4.50. The first-order valence-electron chi connectivity index (χ1n) is 6.20. The van der Waals surface area contributed by atoms with Gasteiger partial charge in [-0.25, -0.2) is 0 Å². The second-order valence-corrected chi connectivity index (χ2v) is 4.06. The Balaban J connectivity index is 2.62. The average molecular weight is 294 g/mol. The summed E-state index contributed by atoms with van der Waals surface area (Å²) in [6.45, 7) is 5.22. The van der Waals surface area contributed by atoms with Crippen LogP contribution in [0, 0.1) is 0 Å². The number of carbonyl (C=O) groups excluding carboxylic acids is 2. The van der Waals surface area contributed by atoms with Crippen molar-refractivity contribution in [3.8, 4) is 11.5 Å². The van der Waals surface area contributed by atoms with Crippen LogP contribution in [0.4, 0.5) is 0 Å². The molecule has 1 rings (SSSR count). The van der Waals surface area contributed by atoms with Gasteiger partial charge >= 0.3 is 0 Å². The maximum absolute atomic E-state index is 11.9. The number of methoxy groups -OCH3 is 1. The van der Waals surface area contributed by atoms with E-state index in [-0.39, 0.29) is 23.7 Å². The van der Waals surface area contributed by atoms with Crippen LogP contribution in [0.1, 0.15) is 17.3 Å². The van der Waals surface area contributed by atoms with Gasteiger partial charge in [0.05, 0.1) is 19.3 Å². The minimum Gasteiger partial charge on any atom is -0.504 e. The predicted octanol–water partition coefficient (Wildman–Crippen LogP) is 0.753. The summed E-state index contributed by atoms with van der Waals surface area (Å²) < 4.78 is 10.00. The van der Waals surface area contributed by atoms with Gasteiger partial charge in [-0.1, -0.05) is 12.1 Å². The number of amides is 2. The molecule has 0 fully saturated rings. The van der Waals surface area contributed by atoms with Crippen LogP contribution >= 0.6 is 0 Å². The van der Waals surface area contributed by atoms with E-state index in [1.807, 2.05) is 0 Å². The molecule has 0 spiro atoms. The van der Waals surface area contributed by atoms with E-state index in [2.05, 4.69) is 17.4 Å². The smallest absolute Gasteiger partial charge is 0.273 e. The highest BCUT2D eigenvalue weighted by Crippen LogP contribution is 2.28. The Morgan fingerprint density at radius 1 is 1.43 bits per heavy atom. The Hall–Kier alpha value is -2.54. The summed E-state index contributed by atoms with van der Waals surface area (Å²) in [5.74, 6) is -1.33. The van der Waals surface area contributed by atoms with Gasteiger partial charge in [0, 0.05) is 0 Å². The second-order valence-electron chi connectivity index (χ2n) is 4.06. The number of carbonyl (C=O) groups is 2. The summed E-state index contributed by atoms with van der Waals surface area (Å²) in [7, 11) is 1.37. The molecule has 7 heteroatoms. The Morgan fingerprint density at radius 2 is 2.14 bits per heavy atom. The molecule has 2 amide bonds. The quantitative estimate of drug-likeness (QED) is 0.531. The lowest BCUT2D eigenvalue weighted by Gasteiger charge is -2.13. The van der Waals surface area contributed by atoms with E-state index < -0.39 is 17.9 Å². The Kier molecular flexibility index (Phi) is 6.22. The zero-order chi connectivity index (χ0) is 15.8. The van der Waals surface area contributed by atoms with Crippen molar-refractivity contribution >= 4 is 11.8 Å². The number of aromatic hydroxyl groups is 1. The van der Waals surface area contributed by atoms with Gasteiger partial charge in [0.2, 0.25) is 0 Å². The number of phenols is 1. The van der Waals surface area contributed by atoms with Crippen molar-refractivity contribution < 1.29 is 24.2 Å². The summed E-state index contributed by atoms with van der Waals surface area (Å²) in [6, 6.07) is 4.46. The zero-order valence-corrected chi connectivity index (χ0v) is 11.9. The lowest BCUT2D eigenvalue weighted by atomic mass is 10.2. The van der Waals surface area contributed by atoms with Crippen molar-refractivity contribution in [1.29, 1.82) is 0 Å². The molecule has 3 N–H and O–H groups in total. The molecule has 0 aliphatic heterocycles. The standard InChI is InChI=1S/C14H18N2O5/c1-4-8-21-9(2)13(18)15-16-14(19)10-6-5-7-11(20-3)12(10)17/h4-7,9,17H,1,8H2,2-3H3,(H,15,18)(H,16,19). The van der Waals surface area contributed by atoms with Gasteiger partial charge in [0.1, 0.15) is 6.10 Å². The van der Waals surface area contributed by atoms with Gasteiger partial charge in [-0.3, -0.25) is 20.4 Å². The van der Waals surface area contributed by atoms with Crippen LogP contribution in [0.3, 0.4) is 0 Å². The highest BCUT2D eigenvalue weighted by Gasteiger charge is 2.17. The SMILES string of the molecule is C=CCOC(C)C(=O)NNC(=O)c1cccc(OC)c1O. The lowest BCUT2D eigenvalue weighted by molar-refractivity contribution is -0.131. The number of nitrogens with one attached hydrogen (secondary N) is 2. The Morgan fingerprint density at radius 3 is 2.76 bits per heavy atom. The fourth-order valence-electron chi connectivity index (χ4n) is 1.45. The summed E-state index contributed by atoms with van der Waals surface area (Å²) in [5.41, 5.74) is 4.37. The lowest BCUT2D eigenvalue weighted by Crippen LogP contribution is -2.46. The summed E-state index contributed by atoms with van der Waals surface area (Å²) in [5, 5.41) is 9.82. The van der Waals surface area contributed by atoms with E-state index in [1.54, 1.807) is 6.07 Å². The van der Waals surface area contributed by atoms with Crippen molar-refractivity contribution in [2.75, 3.05) is 13.7 Å². The van der Waals surface area contributed by atoms with Gasteiger partial charge in [-0.15, -0.1) is 6.58 Å². The number of hydrazine groups is 1. The van der Waals surface area contributed by atoms with Gasteiger partial charge in [0.15, 0.2) is 11.5 Å². The third-order valence-corrected chi connectivity index (χ3v) is 2.60. The van der Waals surface area contributed by atoms with Crippen molar-refractivity contribution in [3.05, 3.63) is 36.4 Å². The number of benzene rings is 1. The summed E-state index contributed by atoms with van der Waals surface area (Å²) >= 11 is 0. The molecule has 0 aliphatic carbocycles. The molecule has 114 valence electrons. The predicted molar refractivity (Wildman–Crippen MR) is 75.9 cm³/mol. The first-order valence-corrected chi connectivity index (χ1v) is 6.20. The van der Waals surface area contributed by atoms with E-state index in [0.717, 1.165) is 0 Å². The molecule has 0 saturated heterocycles. The fourth-order valence-corrected chi connectivity index (χ4v) is 1.45. The van der Waals surface area contributed by atoms with Crippen LogP contribution in [-0.4, -0.2) is 36.7 Å². The molecule has 0 bridgehead atoms. The van der Waals surface area contributed by atoms with Crippen molar-refractivity contribution in [2.45, 2.75) is 13.0 Å². The Labute approximate surface area is 122 Å². The van der Waals surface area contributed by atoms with Gasteiger partial charge < -0.3 is 14.6 Å². The summed E-state index contributed by atoms with van der Waals surface area (Å²) in [6.07, 6.45) is 0.763. The van der Waals surface area contributed by atoms with Crippen molar-refractivity contribution in [3.63, 3.8) is 0 Å². The monoisotopic (exact) mass is 294 g/mol. The number of phenolic OH excluding ortho intramolecular Hbond substituents is 1. The zero-order valence-electron chi connectivity index (χ0n) is 11.9. The minimum atomic E-state index is -0.748. The molecule has 0 saturated carbocycles. The molecule has 0 heterocycles. The highest BCUT2D eigenvalue weighted by atomic mass is 16.5. The summed E-state index contributed by atoms with van der Waals surface area (Å²) in [4.78, 5) is 23.5. The second kappa shape index (κ2) is 7.91. The first kappa shape index (κ1) is 16.5. The van der Waals surface area contributed by atoms with Crippen LogP contribution in [0.25, 0.3) is 0 Å². The molecular weight excluding hydrogens is 276 g/mol. The molecular formula is C14H18N2O5. The molecule has 0 radical (unpaired) electrons. The number of rotatable bonds is 6. The van der Waals surface area contributed by atoms with Crippen LogP contribution in [0.2, 0.25) is 0 Å². The van der Waals surface area contributed by atoms with Gasteiger partial charge in [-0.2, -0.15) is 0 Å². The van der Waals surface area contributed by atoms with E-state index >= 15 is 0 Å². The van der Waals surface area contributed by atoms with Crippen LogP contribution < -0.4 is 15.6 Å². The van der Waals surface area contributed by atoms with E-state index in [4.69, 9.17) is 9.47 Å². The number of hydrogen-bond acceptors (Lipinski definition) is 5. The average Bonchev–Trinajstić information content (AvgIpc) is 2.50. The van der Waals surface area contributed by atoms with Gasteiger partial charge in [0.25, 0.3) is 11.8 Å². The van der Waals surface area contributed by atoms with Crippen molar-refractivity contribution in [2.24, 2.45) is 0 Å². The molecule has 0 aliphatic rings. The normalized spacial score (nSPS) is 11.3. The Bertz CT molecular complexity index is 530. The van der Waals surface area contributed by atoms with E-state index in [9.17, 15) is 14.7 Å². The third-order valence-electron chi connectivity index (χ3n) is 2.60. The molecule has 21 heavy (non-hydrogen) atoms. The minimum absolute atomic E-state index is 0.0192. The van der Waals surface area contributed by atoms with E-state index in [1.165, 1.54) is 32.2 Å². The first-order chi connectivity index (χ1) is 10.0. The van der Waals surface area contributed by atoms with Crippen LogP contribution in [-0.2, 0) is 9.53 Å². The van der Waals surface area contributed by atoms with Crippen LogP contribution in [0.15, 0.2) is 30.9 Å². The fraction of sp³-hybridized carbons (Fsp3) is 0.286. The number of hydrogen-bond donors (Lipinski definition) is 3. The molecule has 1 unspecified atom stereocenters. The van der Waals surface area contributed by atoms with Crippen LogP contribution in [0.5, 0.6) is 11.5 Å². The number of para-hydroxylation sites is 1. The topological polar surface area (TPSA) is 96.9 Å². The number of ether oxygens (including phenoxy) is 2. The maximum atomic E-state index is 11.9. The molecule has 1 aromatic rings. The largest absolute Gasteiger partial charge is 0.504 e. The maximum Gasteiger partial charge on any atom is 0.273 e.